The van der Waals surface area contributed by atoms with Gasteiger partial charge in [0.1, 0.15) is 0 Å². The zero-order chi connectivity index (χ0) is 20.9. The molecule has 1 N–H and O–H groups in total. The molecule has 1 saturated heterocycles. The van der Waals surface area contributed by atoms with Crippen LogP contribution in [0.25, 0.3) is 0 Å². The van der Waals surface area contributed by atoms with E-state index in [9.17, 15) is 13.2 Å². The number of halogens is 2. The van der Waals surface area contributed by atoms with E-state index in [-0.39, 0.29) is 30.0 Å². The van der Waals surface area contributed by atoms with Gasteiger partial charge >= 0.3 is 0 Å². The van der Waals surface area contributed by atoms with E-state index in [0.29, 0.717) is 18.2 Å². The van der Waals surface area contributed by atoms with E-state index in [1.807, 2.05) is 0 Å². The van der Waals surface area contributed by atoms with Crippen LogP contribution < -0.4 is 5.32 Å². The third-order valence-electron chi connectivity index (χ3n) is 4.59. The van der Waals surface area contributed by atoms with Crippen LogP contribution in [0.5, 0.6) is 0 Å². The number of ether oxygens (including phenoxy) is 1. The van der Waals surface area contributed by atoms with Gasteiger partial charge in [-0.25, -0.2) is 8.42 Å². The van der Waals surface area contributed by atoms with Gasteiger partial charge in [-0.15, -0.1) is 0 Å². The zero-order valence-electron chi connectivity index (χ0n) is 15.7. The normalized spacial score (nSPS) is 16.9. The fourth-order valence-corrected chi connectivity index (χ4v) is 4.80. The van der Waals surface area contributed by atoms with Crippen molar-refractivity contribution >= 4 is 43.5 Å². The number of sulfonamides is 1. The molecule has 1 atom stereocenters. The minimum Gasteiger partial charge on any atom is -0.376 e. The van der Waals surface area contributed by atoms with Gasteiger partial charge in [0.25, 0.3) is 0 Å². The van der Waals surface area contributed by atoms with Crippen molar-refractivity contribution in [1.29, 1.82) is 0 Å². The third-order valence-corrected chi connectivity index (χ3v) is 7.18. The predicted octanol–water partition coefficient (Wildman–Crippen LogP) is 3.59. The highest BCUT2D eigenvalue weighted by Gasteiger charge is 2.27. The summed E-state index contributed by atoms with van der Waals surface area (Å²) in [4.78, 5) is 12.6. The largest absolute Gasteiger partial charge is 0.376 e. The number of benzene rings is 2. The second-order valence-electron chi connectivity index (χ2n) is 6.79. The maximum absolute atomic E-state index is 13.2. The Morgan fingerprint density at radius 3 is 2.48 bits per heavy atom. The first-order valence-electron chi connectivity index (χ1n) is 9.23. The number of nitrogens with zero attached hydrogens (tertiary/aromatic N) is 1. The quantitative estimate of drug-likeness (QED) is 0.600. The molecule has 0 aliphatic carbocycles. The Labute approximate surface area is 184 Å². The van der Waals surface area contributed by atoms with Crippen LogP contribution >= 0.6 is 27.5 Å². The summed E-state index contributed by atoms with van der Waals surface area (Å²) in [5.41, 5.74) is 0.738. The highest BCUT2D eigenvalue weighted by Crippen LogP contribution is 2.21. The summed E-state index contributed by atoms with van der Waals surface area (Å²) in [6.45, 7) is 0.851. The lowest BCUT2D eigenvalue weighted by atomic mass is 10.2. The summed E-state index contributed by atoms with van der Waals surface area (Å²) >= 11 is 9.23. The van der Waals surface area contributed by atoms with Crippen LogP contribution in [0.3, 0.4) is 0 Å². The van der Waals surface area contributed by atoms with E-state index in [0.717, 1.165) is 22.9 Å². The van der Waals surface area contributed by atoms with Gasteiger partial charge in [0.05, 0.1) is 17.5 Å². The summed E-state index contributed by atoms with van der Waals surface area (Å²) < 4.78 is 33.8. The van der Waals surface area contributed by atoms with E-state index in [2.05, 4.69) is 21.2 Å². The molecule has 9 heteroatoms. The smallest absolute Gasteiger partial charge is 0.243 e. The van der Waals surface area contributed by atoms with Crippen molar-refractivity contribution in [1.82, 2.24) is 9.62 Å². The van der Waals surface area contributed by atoms with Crippen molar-refractivity contribution in [2.75, 3.05) is 19.7 Å². The zero-order valence-corrected chi connectivity index (χ0v) is 18.8. The molecule has 2 aromatic carbocycles. The number of carbonyl (C=O) groups excluding carboxylic acids is 1. The van der Waals surface area contributed by atoms with Crippen molar-refractivity contribution in [3.05, 3.63) is 63.6 Å². The van der Waals surface area contributed by atoms with Crippen molar-refractivity contribution in [3.63, 3.8) is 0 Å². The van der Waals surface area contributed by atoms with Crippen LogP contribution in [0.15, 0.2) is 57.9 Å². The Morgan fingerprint density at radius 1 is 1.17 bits per heavy atom. The Morgan fingerprint density at radius 2 is 1.86 bits per heavy atom. The molecular weight excluding hydrogens is 480 g/mol. The van der Waals surface area contributed by atoms with Gasteiger partial charge < -0.3 is 10.1 Å². The average Bonchev–Trinajstić information content (AvgIpc) is 3.21. The lowest BCUT2D eigenvalue weighted by molar-refractivity contribution is -0.121. The van der Waals surface area contributed by atoms with Crippen molar-refractivity contribution in [3.8, 4) is 0 Å². The van der Waals surface area contributed by atoms with Crippen molar-refractivity contribution in [2.24, 2.45) is 0 Å². The van der Waals surface area contributed by atoms with E-state index < -0.39 is 10.0 Å². The van der Waals surface area contributed by atoms with Crippen LogP contribution in [-0.4, -0.2) is 44.4 Å². The van der Waals surface area contributed by atoms with Gasteiger partial charge in [0, 0.05) is 29.2 Å². The standard InChI is InChI=1S/C20H22BrClN2O4S/c21-16-5-9-19(10-6-16)29(26,27)24(13-15-3-7-17(22)8-4-15)14-20(25)23-12-18-2-1-11-28-18/h3-10,18H,1-2,11-14H2,(H,23,25)/t18-/m0/s1. The molecule has 0 spiro atoms. The monoisotopic (exact) mass is 500 g/mol. The first-order valence-corrected chi connectivity index (χ1v) is 11.8. The second kappa shape index (κ2) is 10.0. The maximum atomic E-state index is 13.2. The lowest BCUT2D eigenvalue weighted by Gasteiger charge is -2.22. The number of rotatable bonds is 8. The molecule has 0 saturated carbocycles. The van der Waals surface area contributed by atoms with Crippen molar-refractivity contribution in [2.45, 2.75) is 30.4 Å². The first-order chi connectivity index (χ1) is 13.8. The van der Waals surface area contributed by atoms with Gasteiger partial charge in [-0.05, 0) is 54.8 Å². The van der Waals surface area contributed by atoms with Gasteiger partial charge in [-0.2, -0.15) is 4.31 Å². The maximum Gasteiger partial charge on any atom is 0.243 e. The fraction of sp³-hybridized carbons (Fsp3) is 0.350. The van der Waals surface area contributed by atoms with Crippen LogP contribution in [0.2, 0.25) is 5.02 Å². The van der Waals surface area contributed by atoms with Crippen LogP contribution in [0.4, 0.5) is 0 Å². The third kappa shape index (κ3) is 6.26. The Balaban J connectivity index is 1.77. The first kappa shape index (κ1) is 22.2. The molecule has 6 nitrogen and oxygen atoms in total. The Kier molecular flexibility index (Phi) is 7.70. The Bertz CT molecular complexity index is 930. The molecule has 0 aromatic heterocycles. The summed E-state index contributed by atoms with van der Waals surface area (Å²) in [5, 5.41) is 3.34. The molecule has 0 unspecified atom stereocenters. The number of hydrogen-bond acceptors (Lipinski definition) is 4. The summed E-state index contributed by atoms with van der Waals surface area (Å²) in [7, 11) is -3.87. The Hall–Kier alpha value is -1.45. The fourth-order valence-electron chi connectivity index (χ4n) is 3.02. The summed E-state index contributed by atoms with van der Waals surface area (Å²) in [6.07, 6.45) is 1.86. The average molecular weight is 502 g/mol. The molecule has 1 aliphatic rings. The van der Waals surface area contributed by atoms with Crippen molar-refractivity contribution < 1.29 is 17.9 Å². The SMILES string of the molecule is O=C(CN(Cc1ccc(Cl)cc1)S(=O)(=O)c1ccc(Br)cc1)NC[C@@H]1CCCO1. The number of amides is 1. The molecule has 3 rings (SSSR count). The van der Waals surface area contributed by atoms with E-state index in [4.69, 9.17) is 16.3 Å². The molecule has 0 radical (unpaired) electrons. The van der Waals surface area contributed by atoms with Crippen LogP contribution in [0, 0.1) is 0 Å². The topological polar surface area (TPSA) is 75.7 Å². The molecule has 1 amide bonds. The predicted molar refractivity (Wildman–Crippen MR) is 115 cm³/mol. The highest BCUT2D eigenvalue weighted by atomic mass is 79.9. The molecular formula is C20H22BrClN2O4S. The molecule has 1 heterocycles. The molecule has 1 aliphatic heterocycles. The van der Waals surface area contributed by atoms with E-state index in [1.54, 1.807) is 36.4 Å². The molecule has 156 valence electrons. The summed E-state index contributed by atoms with van der Waals surface area (Å²) in [6, 6.07) is 13.2. The lowest BCUT2D eigenvalue weighted by Crippen LogP contribution is -2.42. The van der Waals surface area contributed by atoms with E-state index in [1.165, 1.54) is 16.4 Å². The van der Waals surface area contributed by atoms with Crippen LogP contribution in [0.1, 0.15) is 18.4 Å². The molecule has 29 heavy (non-hydrogen) atoms. The minimum absolute atomic E-state index is 0.00764. The number of hydrogen-bond donors (Lipinski definition) is 1. The second-order valence-corrected chi connectivity index (χ2v) is 10.1. The minimum atomic E-state index is -3.87. The van der Waals surface area contributed by atoms with E-state index >= 15 is 0 Å². The van der Waals surface area contributed by atoms with Gasteiger partial charge in [-0.1, -0.05) is 39.7 Å². The van der Waals surface area contributed by atoms with Crippen LogP contribution in [-0.2, 0) is 26.1 Å². The molecule has 0 bridgehead atoms. The number of nitrogens with one attached hydrogen (secondary N) is 1. The highest BCUT2D eigenvalue weighted by molar-refractivity contribution is 9.10. The number of carbonyl (C=O) groups is 1. The van der Waals surface area contributed by atoms with Gasteiger partial charge in [-0.3, -0.25) is 4.79 Å². The molecule has 1 fully saturated rings. The van der Waals surface area contributed by atoms with Gasteiger partial charge in [0.15, 0.2) is 0 Å². The summed E-state index contributed by atoms with van der Waals surface area (Å²) in [5.74, 6) is -0.366. The van der Waals surface area contributed by atoms with Gasteiger partial charge in [0.2, 0.25) is 15.9 Å². The molecule has 2 aromatic rings.